The summed E-state index contributed by atoms with van der Waals surface area (Å²) < 4.78 is 26.7. The lowest BCUT2D eigenvalue weighted by Crippen LogP contribution is -2.26. The van der Waals surface area contributed by atoms with Gasteiger partial charge >= 0.3 is 0 Å². The molecule has 0 unspecified atom stereocenters. The molecule has 4 nitrogen and oxygen atoms in total. The fourth-order valence-corrected chi connectivity index (χ4v) is 3.77. The van der Waals surface area contributed by atoms with E-state index in [9.17, 15) is 8.42 Å². The summed E-state index contributed by atoms with van der Waals surface area (Å²) in [5.41, 5.74) is 2.69. The zero-order valence-corrected chi connectivity index (χ0v) is 13.9. The molecule has 3 rings (SSSR count). The van der Waals surface area contributed by atoms with Crippen LogP contribution in [0.15, 0.2) is 65.7 Å². The van der Waals surface area contributed by atoms with E-state index in [0.717, 1.165) is 22.0 Å². The predicted molar refractivity (Wildman–Crippen MR) is 91.6 cm³/mol. The average molecular weight is 326 g/mol. The number of aryl methyl sites for hydroxylation is 1. The van der Waals surface area contributed by atoms with Crippen LogP contribution in [-0.4, -0.2) is 24.8 Å². The minimum atomic E-state index is -3.51. The molecule has 118 valence electrons. The summed E-state index contributed by atoms with van der Waals surface area (Å²) in [6, 6.07) is 16.7. The number of aromatic nitrogens is 1. The molecule has 5 heteroatoms. The smallest absolute Gasteiger partial charge is 0.243 e. The Morgan fingerprint density at radius 1 is 1.04 bits per heavy atom. The molecule has 0 aliphatic heterocycles. The second-order valence-electron chi connectivity index (χ2n) is 5.61. The van der Waals surface area contributed by atoms with E-state index in [1.807, 2.05) is 43.3 Å². The molecule has 0 spiro atoms. The van der Waals surface area contributed by atoms with Crippen molar-refractivity contribution in [2.75, 3.05) is 7.05 Å². The molecule has 0 amide bonds. The number of hydrogen-bond acceptors (Lipinski definition) is 3. The summed E-state index contributed by atoms with van der Waals surface area (Å²) in [6.45, 7) is 2.17. The van der Waals surface area contributed by atoms with E-state index >= 15 is 0 Å². The van der Waals surface area contributed by atoms with Gasteiger partial charge in [-0.1, -0.05) is 30.3 Å². The Kier molecular flexibility index (Phi) is 4.15. The van der Waals surface area contributed by atoms with Gasteiger partial charge in [-0.2, -0.15) is 4.31 Å². The summed E-state index contributed by atoms with van der Waals surface area (Å²) in [4.78, 5) is 4.70. The van der Waals surface area contributed by atoms with Crippen molar-refractivity contribution in [3.8, 4) is 0 Å². The Hall–Kier alpha value is -2.24. The summed E-state index contributed by atoms with van der Waals surface area (Å²) in [7, 11) is -1.92. The van der Waals surface area contributed by atoms with Crippen LogP contribution in [0.4, 0.5) is 0 Å². The Bertz CT molecular complexity index is 952. The number of hydrogen-bond donors (Lipinski definition) is 0. The summed E-state index contributed by atoms with van der Waals surface area (Å²) in [5, 5.41) is 1.01. The summed E-state index contributed by atoms with van der Waals surface area (Å²) >= 11 is 0. The Morgan fingerprint density at radius 2 is 1.83 bits per heavy atom. The SMILES string of the molecule is Cc1cccc(S(=O)(=O)N(C)Cc2cnc3ccccc3c2)c1. The van der Waals surface area contributed by atoms with Crippen LogP contribution in [0.5, 0.6) is 0 Å². The first-order valence-electron chi connectivity index (χ1n) is 7.33. The van der Waals surface area contributed by atoms with Crippen molar-refractivity contribution in [1.29, 1.82) is 0 Å². The minimum Gasteiger partial charge on any atom is -0.256 e. The monoisotopic (exact) mass is 326 g/mol. The predicted octanol–water partition coefficient (Wildman–Crippen LogP) is 3.36. The van der Waals surface area contributed by atoms with Crippen LogP contribution in [0.2, 0.25) is 0 Å². The number of sulfonamides is 1. The lowest BCUT2D eigenvalue weighted by Gasteiger charge is -2.17. The fraction of sp³-hybridized carbons (Fsp3) is 0.167. The number of nitrogens with zero attached hydrogens (tertiary/aromatic N) is 2. The normalized spacial score (nSPS) is 12.0. The Morgan fingerprint density at radius 3 is 2.61 bits per heavy atom. The van der Waals surface area contributed by atoms with E-state index in [0.29, 0.717) is 4.90 Å². The second-order valence-corrected chi connectivity index (χ2v) is 7.66. The topological polar surface area (TPSA) is 50.3 Å². The van der Waals surface area contributed by atoms with Crippen LogP contribution in [0.25, 0.3) is 10.9 Å². The first-order chi connectivity index (χ1) is 11.0. The van der Waals surface area contributed by atoms with Gasteiger partial charge in [0.05, 0.1) is 10.4 Å². The highest BCUT2D eigenvalue weighted by molar-refractivity contribution is 7.89. The van der Waals surface area contributed by atoms with Crippen LogP contribution in [-0.2, 0) is 16.6 Å². The molecule has 0 bridgehead atoms. The summed E-state index contributed by atoms with van der Waals surface area (Å²) in [6.07, 6.45) is 1.73. The third-order valence-electron chi connectivity index (χ3n) is 3.75. The van der Waals surface area contributed by atoms with Crippen molar-refractivity contribution in [1.82, 2.24) is 9.29 Å². The maximum absolute atomic E-state index is 12.7. The van der Waals surface area contributed by atoms with Crippen molar-refractivity contribution in [3.63, 3.8) is 0 Å². The average Bonchev–Trinajstić information content (AvgIpc) is 2.54. The van der Waals surface area contributed by atoms with E-state index in [4.69, 9.17) is 0 Å². The molecule has 1 aromatic heterocycles. The van der Waals surface area contributed by atoms with E-state index in [2.05, 4.69) is 4.98 Å². The largest absolute Gasteiger partial charge is 0.256 e. The summed E-state index contributed by atoms with van der Waals surface area (Å²) in [5.74, 6) is 0. The molecule has 0 saturated heterocycles. The molecule has 0 radical (unpaired) electrons. The molecule has 0 saturated carbocycles. The Labute approximate surface area is 136 Å². The van der Waals surface area contributed by atoms with Gasteiger partial charge < -0.3 is 0 Å². The van der Waals surface area contributed by atoms with E-state index in [1.54, 1.807) is 31.4 Å². The molecule has 0 atom stereocenters. The van der Waals surface area contributed by atoms with Gasteiger partial charge in [-0.05, 0) is 42.3 Å². The molecule has 0 aliphatic carbocycles. The standard InChI is InChI=1S/C18H18N2O2S/c1-14-6-5-8-17(10-14)23(21,22)20(2)13-15-11-16-7-3-4-9-18(16)19-12-15/h3-12H,13H2,1-2H3. The molecule has 0 N–H and O–H groups in total. The van der Waals surface area contributed by atoms with Crippen molar-refractivity contribution < 1.29 is 8.42 Å². The van der Waals surface area contributed by atoms with E-state index < -0.39 is 10.0 Å². The van der Waals surface area contributed by atoms with Crippen LogP contribution < -0.4 is 0 Å². The first kappa shape index (κ1) is 15.6. The van der Waals surface area contributed by atoms with Crippen LogP contribution in [0, 0.1) is 6.92 Å². The van der Waals surface area contributed by atoms with E-state index in [-0.39, 0.29) is 6.54 Å². The highest BCUT2D eigenvalue weighted by atomic mass is 32.2. The van der Waals surface area contributed by atoms with Gasteiger partial charge in [-0.25, -0.2) is 8.42 Å². The van der Waals surface area contributed by atoms with Crippen molar-refractivity contribution >= 4 is 20.9 Å². The van der Waals surface area contributed by atoms with E-state index in [1.165, 1.54) is 4.31 Å². The number of rotatable bonds is 4. The highest BCUT2D eigenvalue weighted by Gasteiger charge is 2.21. The maximum atomic E-state index is 12.7. The van der Waals surface area contributed by atoms with Gasteiger partial charge in [0.15, 0.2) is 0 Å². The number of para-hydroxylation sites is 1. The van der Waals surface area contributed by atoms with Gasteiger partial charge in [-0.15, -0.1) is 0 Å². The third kappa shape index (κ3) is 3.25. The Balaban J connectivity index is 1.88. The first-order valence-corrected chi connectivity index (χ1v) is 8.77. The van der Waals surface area contributed by atoms with Crippen LogP contribution in [0.1, 0.15) is 11.1 Å². The zero-order chi connectivity index (χ0) is 16.4. The molecule has 23 heavy (non-hydrogen) atoms. The fourth-order valence-electron chi connectivity index (χ4n) is 2.50. The van der Waals surface area contributed by atoms with Crippen LogP contribution in [0.3, 0.4) is 0 Å². The lowest BCUT2D eigenvalue weighted by molar-refractivity contribution is 0.466. The molecule has 0 aliphatic rings. The zero-order valence-electron chi connectivity index (χ0n) is 13.1. The third-order valence-corrected chi connectivity index (χ3v) is 5.55. The minimum absolute atomic E-state index is 0.286. The molecule has 3 aromatic rings. The number of pyridine rings is 1. The number of fused-ring (bicyclic) bond motifs is 1. The second kappa shape index (κ2) is 6.10. The van der Waals surface area contributed by atoms with Crippen molar-refractivity contribution in [2.24, 2.45) is 0 Å². The lowest BCUT2D eigenvalue weighted by atomic mass is 10.1. The van der Waals surface area contributed by atoms with Gasteiger partial charge in [0.1, 0.15) is 0 Å². The van der Waals surface area contributed by atoms with Crippen molar-refractivity contribution in [3.05, 3.63) is 71.9 Å². The van der Waals surface area contributed by atoms with Gasteiger partial charge in [0.2, 0.25) is 10.0 Å². The molecule has 0 fully saturated rings. The highest BCUT2D eigenvalue weighted by Crippen LogP contribution is 2.19. The van der Waals surface area contributed by atoms with Gasteiger partial charge in [-0.3, -0.25) is 4.98 Å². The molecular weight excluding hydrogens is 308 g/mol. The number of benzene rings is 2. The molecular formula is C18H18N2O2S. The van der Waals surface area contributed by atoms with Crippen LogP contribution >= 0.6 is 0 Å². The van der Waals surface area contributed by atoms with Gasteiger partial charge in [0, 0.05) is 25.2 Å². The maximum Gasteiger partial charge on any atom is 0.243 e. The van der Waals surface area contributed by atoms with Crippen molar-refractivity contribution in [2.45, 2.75) is 18.4 Å². The molecule has 2 aromatic carbocycles. The van der Waals surface area contributed by atoms with Gasteiger partial charge in [0.25, 0.3) is 0 Å². The quantitative estimate of drug-likeness (QED) is 0.738. The molecule has 1 heterocycles.